The number of benzene rings is 2. The van der Waals surface area contributed by atoms with Gasteiger partial charge >= 0.3 is 5.69 Å². The molecule has 0 radical (unpaired) electrons. The van der Waals surface area contributed by atoms with Crippen molar-refractivity contribution in [1.82, 2.24) is 0 Å². The number of nitro groups is 1. The van der Waals surface area contributed by atoms with Crippen molar-refractivity contribution >= 4 is 23.6 Å². The number of para-hydroxylation sites is 1. The third kappa shape index (κ3) is 4.54. The minimum Gasteiger partial charge on any atom is -0.477 e. The highest BCUT2D eigenvalue weighted by Crippen LogP contribution is 2.30. The van der Waals surface area contributed by atoms with Crippen molar-refractivity contribution in [2.45, 2.75) is 38.1 Å². The molecule has 0 aliphatic heterocycles. The maximum atomic E-state index is 13.0. The molecule has 0 heterocycles. The van der Waals surface area contributed by atoms with Crippen molar-refractivity contribution in [2.24, 2.45) is 0 Å². The Balaban J connectivity index is 1.79. The second kappa shape index (κ2) is 9.12. The molecule has 0 aromatic heterocycles. The van der Waals surface area contributed by atoms with Gasteiger partial charge in [0.1, 0.15) is 6.29 Å². The van der Waals surface area contributed by atoms with E-state index >= 15 is 0 Å². The molecule has 1 aliphatic rings. The number of ether oxygens (including phenoxy) is 1. The van der Waals surface area contributed by atoms with Crippen molar-refractivity contribution in [3.05, 3.63) is 64.2 Å². The van der Waals surface area contributed by atoms with Gasteiger partial charge in [-0.1, -0.05) is 37.5 Å². The lowest BCUT2D eigenvalue weighted by molar-refractivity contribution is -0.385. The Morgan fingerprint density at radius 2 is 1.86 bits per heavy atom. The first-order valence-corrected chi connectivity index (χ1v) is 9.33. The van der Waals surface area contributed by atoms with Crippen LogP contribution in [-0.4, -0.2) is 29.8 Å². The van der Waals surface area contributed by atoms with Crippen LogP contribution in [0.3, 0.4) is 0 Å². The van der Waals surface area contributed by atoms with Gasteiger partial charge in [-0.3, -0.25) is 19.7 Å². The van der Waals surface area contributed by atoms with Crippen LogP contribution in [0, 0.1) is 10.1 Å². The number of hydrogen-bond acceptors (Lipinski definition) is 5. The van der Waals surface area contributed by atoms with Crippen molar-refractivity contribution in [3.8, 4) is 5.75 Å². The van der Waals surface area contributed by atoms with Crippen LogP contribution in [0.15, 0.2) is 48.5 Å². The molecule has 0 unspecified atom stereocenters. The number of carbonyl (C=O) groups excluding carboxylic acids is 2. The predicted octanol–water partition coefficient (Wildman–Crippen LogP) is 4.15. The average molecular weight is 382 g/mol. The van der Waals surface area contributed by atoms with E-state index in [1.54, 1.807) is 4.90 Å². The number of nitrogens with zero attached hydrogens (tertiary/aromatic N) is 2. The Kier molecular flexibility index (Phi) is 6.37. The minimum atomic E-state index is -0.622. The summed E-state index contributed by atoms with van der Waals surface area (Å²) in [5.74, 6) is -0.271. The molecule has 28 heavy (non-hydrogen) atoms. The quantitative estimate of drug-likeness (QED) is 0.408. The number of anilines is 1. The maximum absolute atomic E-state index is 13.0. The summed E-state index contributed by atoms with van der Waals surface area (Å²) < 4.78 is 5.50. The molecule has 0 saturated heterocycles. The van der Waals surface area contributed by atoms with Crippen LogP contribution in [-0.2, 0) is 4.79 Å². The SMILES string of the molecule is O=Cc1ccc(OCC(=O)N(c2ccccc2)C2CCCCC2)c([N+](=O)[O-])c1. The number of hydrogen-bond donors (Lipinski definition) is 0. The Morgan fingerprint density at radius 1 is 1.14 bits per heavy atom. The van der Waals surface area contributed by atoms with Gasteiger partial charge in [0.25, 0.3) is 5.91 Å². The van der Waals surface area contributed by atoms with Crippen molar-refractivity contribution < 1.29 is 19.2 Å². The van der Waals surface area contributed by atoms with Crippen molar-refractivity contribution in [2.75, 3.05) is 11.5 Å². The van der Waals surface area contributed by atoms with Gasteiger partial charge in [0.15, 0.2) is 12.4 Å². The van der Waals surface area contributed by atoms with Gasteiger partial charge in [-0.05, 0) is 37.1 Å². The molecular formula is C21H22N2O5. The number of nitro benzene ring substituents is 1. The first-order chi connectivity index (χ1) is 13.6. The van der Waals surface area contributed by atoms with Crippen LogP contribution in [0.4, 0.5) is 11.4 Å². The fourth-order valence-corrected chi connectivity index (χ4v) is 3.57. The molecule has 3 rings (SSSR count). The summed E-state index contributed by atoms with van der Waals surface area (Å²) in [6.45, 7) is -0.313. The highest BCUT2D eigenvalue weighted by atomic mass is 16.6. The minimum absolute atomic E-state index is 0.0272. The van der Waals surface area contributed by atoms with Gasteiger partial charge in [-0.15, -0.1) is 0 Å². The molecule has 0 bridgehead atoms. The predicted molar refractivity (Wildman–Crippen MR) is 105 cm³/mol. The molecule has 2 aromatic rings. The Labute approximate surface area is 163 Å². The van der Waals surface area contributed by atoms with E-state index in [0.29, 0.717) is 6.29 Å². The molecule has 0 spiro atoms. The van der Waals surface area contributed by atoms with Gasteiger partial charge in [0, 0.05) is 23.4 Å². The highest BCUT2D eigenvalue weighted by molar-refractivity contribution is 5.95. The van der Waals surface area contributed by atoms with Crippen LogP contribution >= 0.6 is 0 Å². The van der Waals surface area contributed by atoms with E-state index < -0.39 is 4.92 Å². The Morgan fingerprint density at radius 3 is 2.50 bits per heavy atom. The van der Waals surface area contributed by atoms with Crippen LogP contribution in [0.25, 0.3) is 0 Å². The number of rotatable bonds is 7. The van der Waals surface area contributed by atoms with Crippen molar-refractivity contribution in [3.63, 3.8) is 0 Å². The third-order valence-corrected chi connectivity index (χ3v) is 4.91. The van der Waals surface area contributed by atoms with E-state index in [1.807, 2.05) is 30.3 Å². The zero-order chi connectivity index (χ0) is 19.9. The molecule has 2 aromatic carbocycles. The lowest BCUT2D eigenvalue weighted by Crippen LogP contribution is -2.44. The Hall–Kier alpha value is -3.22. The fourth-order valence-electron chi connectivity index (χ4n) is 3.57. The maximum Gasteiger partial charge on any atom is 0.311 e. The van der Waals surface area contributed by atoms with E-state index in [0.717, 1.165) is 37.4 Å². The summed E-state index contributed by atoms with van der Waals surface area (Å²) in [4.78, 5) is 36.2. The smallest absolute Gasteiger partial charge is 0.311 e. The molecule has 7 heteroatoms. The summed E-state index contributed by atoms with van der Waals surface area (Å²) in [5, 5.41) is 11.3. The number of amides is 1. The summed E-state index contributed by atoms with van der Waals surface area (Å²) in [5.41, 5.74) is 0.647. The summed E-state index contributed by atoms with van der Waals surface area (Å²) in [6, 6.07) is 13.4. The fraction of sp³-hybridized carbons (Fsp3) is 0.333. The summed E-state index contributed by atoms with van der Waals surface area (Å²) in [6.07, 6.45) is 5.69. The molecule has 1 aliphatic carbocycles. The van der Waals surface area contributed by atoms with E-state index in [4.69, 9.17) is 4.74 Å². The standard InChI is InChI=1S/C21H22N2O5/c24-14-16-11-12-20(19(13-16)23(26)27)28-15-21(25)22(17-7-3-1-4-8-17)18-9-5-2-6-10-18/h1,3-4,7-8,11-14,18H,2,5-6,9-10,15H2. The normalized spacial score (nSPS) is 14.3. The van der Waals surface area contributed by atoms with Gasteiger partial charge in [-0.25, -0.2) is 0 Å². The van der Waals surface area contributed by atoms with Crippen LogP contribution in [0.5, 0.6) is 5.75 Å². The van der Waals surface area contributed by atoms with E-state index in [9.17, 15) is 19.7 Å². The zero-order valence-electron chi connectivity index (χ0n) is 15.5. The average Bonchev–Trinajstić information content (AvgIpc) is 2.74. The topological polar surface area (TPSA) is 89.8 Å². The molecule has 1 fully saturated rings. The molecule has 146 valence electrons. The molecule has 0 N–H and O–H groups in total. The largest absolute Gasteiger partial charge is 0.477 e. The lowest BCUT2D eigenvalue weighted by Gasteiger charge is -2.34. The lowest BCUT2D eigenvalue weighted by atomic mass is 9.93. The second-order valence-corrected chi connectivity index (χ2v) is 6.78. The number of aldehydes is 1. The highest BCUT2D eigenvalue weighted by Gasteiger charge is 2.27. The molecular weight excluding hydrogens is 360 g/mol. The van der Waals surface area contributed by atoms with Crippen LogP contribution < -0.4 is 9.64 Å². The van der Waals surface area contributed by atoms with Gasteiger partial charge < -0.3 is 9.64 Å². The van der Waals surface area contributed by atoms with E-state index in [-0.39, 0.29) is 35.6 Å². The van der Waals surface area contributed by atoms with Gasteiger partial charge in [-0.2, -0.15) is 0 Å². The first-order valence-electron chi connectivity index (χ1n) is 9.33. The van der Waals surface area contributed by atoms with Crippen LogP contribution in [0.2, 0.25) is 0 Å². The zero-order valence-corrected chi connectivity index (χ0v) is 15.5. The van der Waals surface area contributed by atoms with Crippen LogP contribution in [0.1, 0.15) is 42.5 Å². The summed E-state index contributed by atoms with van der Waals surface area (Å²) >= 11 is 0. The number of carbonyl (C=O) groups is 2. The van der Waals surface area contributed by atoms with Gasteiger partial charge in [0.2, 0.25) is 0 Å². The first kappa shape index (κ1) is 19.5. The third-order valence-electron chi connectivity index (χ3n) is 4.91. The van der Waals surface area contributed by atoms with Gasteiger partial charge in [0.05, 0.1) is 4.92 Å². The van der Waals surface area contributed by atoms with Crippen molar-refractivity contribution in [1.29, 1.82) is 0 Å². The molecule has 7 nitrogen and oxygen atoms in total. The summed E-state index contributed by atoms with van der Waals surface area (Å²) in [7, 11) is 0. The molecule has 1 amide bonds. The van der Waals surface area contributed by atoms with E-state index in [1.165, 1.54) is 18.6 Å². The molecule has 1 saturated carbocycles. The Bertz CT molecular complexity index is 847. The second-order valence-electron chi connectivity index (χ2n) is 6.78. The monoisotopic (exact) mass is 382 g/mol. The molecule has 0 atom stereocenters. The van der Waals surface area contributed by atoms with E-state index in [2.05, 4.69) is 0 Å².